The first-order valence-corrected chi connectivity index (χ1v) is 10.4. The highest BCUT2D eigenvalue weighted by Gasteiger charge is 2.25. The molecule has 0 aromatic heterocycles. The van der Waals surface area contributed by atoms with Crippen LogP contribution in [-0.4, -0.2) is 48.4 Å². The highest BCUT2D eigenvalue weighted by Crippen LogP contribution is 2.30. The molecular weight excluding hydrogens is 348 g/mol. The summed E-state index contributed by atoms with van der Waals surface area (Å²) in [6, 6.07) is 15.3. The van der Waals surface area contributed by atoms with Crippen molar-refractivity contribution in [2.75, 3.05) is 43.8 Å². The molecule has 0 spiro atoms. The summed E-state index contributed by atoms with van der Waals surface area (Å²) in [6.07, 6.45) is 4.10. The van der Waals surface area contributed by atoms with Crippen molar-refractivity contribution in [1.29, 1.82) is 0 Å². The first kappa shape index (κ1) is 19.0. The third-order valence-electron chi connectivity index (χ3n) is 5.73. The highest BCUT2D eigenvalue weighted by atomic mass is 16.1. The Morgan fingerprint density at radius 3 is 2.43 bits per heavy atom. The van der Waals surface area contributed by atoms with Gasteiger partial charge in [-0.05, 0) is 68.1 Å². The van der Waals surface area contributed by atoms with E-state index in [0.29, 0.717) is 16.9 Å². The van der Waals surface area contributed by atoms with Gasteiger partial charge in [-0.15, -0.1) is 0 Å². The van der Waals surface area contributed by atoms with Gasteiger partial charge in [-0.3, -0.25) is 9.69 Å². The lowest BCUT2D eigenvalue weighted by molar-refractivity contribution is 0.102. The van der Waals surface area contributed by atoms with Crippen LogP contribution >= 0.6 is 0 Å². The molecule has 1 aliphatic carbocycles. The number of para-hydroxylation sites is 2. The van der Waals surface area contributed by atoms with Crippen molar-refractivity contribution in [3.8, 4) is 0 Å². The van der Waals surface area contributed by atoms with Crippen molar-refractivity contribution in [1.82, 2.24) is 9.80 Å². The minimum Gasteiger partial charge on any atom is -0.397 e. The van der Waals surface area contributed by atoms with Gasteiger partial charge >= 0.3 is 0 Å². The summed E-state index contributed by atoms with van der Waals surface area (Å²) in [6.45, 7) is 6.93. The maximum atomic E-state index is 12.5. The maximum Gasteiger partial charge on any atom is 0.255 e. The Kier molecular flexibility index (Phi) is 5.93. The SMILES string of the molecule is Nc1ccccc1NC(=O)c1ccc(CN2CCCN(CC3CC3)CC2)cc1. The minimum absolute atomic E-state index is 0.130. The van der Waals surface area contributed by atoms with Crippen molar-refractivity contribution in [3.05, 3.63) is 59.7 Å². The zero-order chi connectivity index (χ0) is 19.3. The van der Waals surface area contributed by atoms with Gasteiger partial charge in [-0.1, -0.05) is 24.3 Å². The molecule has 2 aliphatic rings. The van der Waals surface area contributed by atoms with Crippen molar-refractivity contribution >= 4 is 17.3 Å². The molecule has 0 radical (unpaired) electrons. The number of amides is 1. The quantitative estimate of drug-likeness (QED) is 0.756. The summed E-state index contributed by atoms with van der Waals surface area (Å²) in [4.78, 5) is 17.6. The Hall–Kier alpha value is -2.37. The van der Waals surface area contributed by atoms with E-state index in [4.69, 9.17) is 5.73 Å². The average Bonchev–Trinajstić information content (AvgIpc) is 3.53. The van der Waals surface area contributed by atoms with Crippen molar-refractivity contribution in [2.24, 2.45) is 5.92 Å². The van der Waals surface area contributed by atoms with Crippen molar-refractivity contribution in [3.63, 3.8) is 0 Å². The van der Waals surface area contributed by atoms with E-state index in [9.17, 15) is 4.79 Å². The first-order valence-electron chi connectivity index (χ1n) is 10.4. The molecule has 5 heteroatoms. The number of carbonyl (C=O) groups excluding carboxylic acids is 1. The molecule has 1 heterocycles. The van der Waals surface area contributed by atoms with E-state index in [1.54, 1.807) is 6.07 Å². The highest BCUT2D eigenvalue weighted by molar-refractivity contribution is 6.05. The van der Waals surface area contributed by atoms with Gasteiger partial charge in [0.2, 0.25) is 0 Å². The van der Waals surface area contributed by atoms with Crippen LogP contribution in [0.4, 0.5) is 11.4 Å². The predicted molar refractivity (Wildman–Crippen MR) is 114 cm³/mol. The van der Waals surface area contributed by atoms with E-state index in [1.807, 2.05) is 30.3 Å². The summed E-state index contributed by atoms with van der Waals surface area (Å²) < 4.78 is 0. The fourth-order valence-electron chi connectivity index (χ4n) is 3.86. The first-order chi connectivity index (χ1) is 13.7. The maximum absolute atomic E-state index is 12.5. The van der Waals surface area contributed by atoms with E-state index in [2.05, 4.69) is 27.2 Å². The van der Waals surface area contributed by atoms with E-state index in [0.717, 1.165) is 25.6 Å². The van der Waals surface area contributed by atoms with E-state index >= 15 is 0 Å². The van der Waals surface area contributed by atoms with Crippen LogP contribution in [0.15, 0.2) is 48.5 Å². The number of benzene rings is 2. The Morgan fingerprint density at radius 1 is 0.964 bits per heavy atom. The van der Waals surface area contributed by atoms with Gasteiger partial charge in [0.15, 0.2) is 0 Å². The van der Waals surface area contributed by atoms with Gasteiger partial charge in [-0.25, -0.2) is 0 Å². The van der Waals surface area contributed by atoms with Crippen LogP contribution in [0.2, 0.25) is 0 Å². The molecule has 2 aromatic rings. The van der Waals surface area contributed by atoms with Gasteiger partial charge in [-0.2, -0.15) is 0 Å². The van der Waals surface area contributed by atoms with E-state index in [-0.39, 0.29) is 5.91 Å². The monoisotopic (exact) mass is 378 g/mol. The number of nitrogen functional groups attached to an aromatic ring is 1. The predicted octanol–water partition coefficient (Wildman–Crippen LogP) is 3.44. The molecule has 3 N–H and O–H groups in total. The molecule has 0 unspecified atom stereocenters. The number of hydrogen-bond acceptors (Lipinski definition) is 4. The second kappa shape index (κ2) is 8.76. The minimum atomic E-state index is -0.130. The molecule has 0 atom stereocenters. The zero-order valence-corrected chi connectivity index (χ0v) is 16.4. The molecule has 2 fully saturated rings. The van der Waals surface area contributed by atoms with Gasteiger partial charge in [0.05, 0.1) is 11.4 Å². The Labute approximate surface area is 167 Å². The summed E-state index contributed by atoms with van der Waals surface area (Å²) in [5.41, 5.74) is 9.03. The lowest BCUT2D eigenvalue weighted by Crippen LogP contribution is -2.31. The van der Waals surface area contributed by atoms with Crippen LogP contribution < -0.4 is 11.1 Å². The van der Waals surface area contributed by atoms with E-state index in [1.165, 1.54) is 44.5 Å². The van der Waals surface area contributed by atoms with Crippen LogP contribution in [0.1, 0.15) is 35.2 Å². The molecule has 28 heavy (non-hydrogen) atoms. The van der Waals surface area contributed by atoms with Gasteiger partial charge in [0.25, 0.3) is 5.91 Å². The number of nitrogens with one attached hydrogen (secondary N) is 1. The van der Waals surface area contributed by atoms with Gasteiger partial charge in [0.1, 0.15) is 0 Å². The Balaban J connectivity index is 1.30. The van der Waals surface area contributed by atoms with Gasteiger partial charge in [0, 0.05) is 31.7 Å². The molecule has 4 rings (SSSR count). The molecule has 1 saturated heterocycles. The van der Waals surface area contributed by atoms with Crippen LogP contribution in [-0.2, 0) is 6.54 Å². The topological polar surface area (TPSA) is 61.6 Å². The molecular formula is C23H30N4O. The molecule has 5 nitrogen and oxygen atoms in total. The van der Waals surface area contributed by atoms with Crippen LogP contribution in [0.5, 0.6) is 0 Å². The lowest BCUT2D eigenvalue weighted by atomic mass is 10.1. The molecule has 0 bridgehead atoms. The fraction of sp³-hybridized carbons (Fsp3) is 0.435. The smallest absolute Gasteiger partial charge is 0.255 e. The van der Waals surface area contributed by atoms with Crippen molar-refractivity contribution in [2.45, 2.75) is 25.8 Å². The average molecular weight is 379 g/mol. The Bertz CT molecular complexity index is 801. The summed E-state index contributed by atoms with van der Waals surface area (Å²) in [5.74, 6) is 0.839. The summed E-state index contributed by atoms with van der Waals surface area (Å²) >= 11 is 0. The van der Waals surface area contributed by atoms with Crippen LogP contribution in [0.25, 0.3) is 0 Å². The lowest BCUT2D eigenvalue weighted by Gasteiger charge is -2.21. The fourth-order valence-corrected chi connectivity index (χ4v) is 3.86. The summed E-state index contributed by atoms with van der Waals surface area (Å²) in [5, 5.41) is 2.88. The van der Waals surface area contributed by atoms with E-state index < -0.39 is 0 Å². The molecule has 1 aliphatic heterocycles. The number of nitrogens with two attached hydrogens (primary N) is 1. The molecule has 148 valence electrons. The molecule has 1 saturated carbocycles. The standard InChI is InChI=1S/C23H30N4O/c24-21-4-1-2-5-22(21)25-23(28)20-10-8-19(9-11-20)17-27-13-3-12-26(14-15-27)16-18-6-7-18/h1-2,4-5,8-11,18H,3,6-7,12-17,24H2,(H,25,28). The number of anilines is 2. The number of hydrogen-bond donors (Lipinski definition) is 2. The Morgan fingerprint density at radius 2 is 1.68 bits per heavy atom. The normalized spacial score (nSPS) is 18.6. The number of nitrogens with zero attached hydrogens (tertiary/aromatic N) is 2. The van der Waals surface area contributed by atoms with Gasteiger partial charge < -0.3 is 16.0 Å². The molecule has 1 amide bonds. The second-order valence-corrected chi connectivity index (χ2v) is 8.11. The molecule has 2 aromatic carbocycles. The van der Waals surface area contributed by atoms with Crippen LogP contribution in [0.3, 0.4) is 0 Å². The third kappa shape index (κ3) is 5.12. The second-order valence-electron chi connectivity index (χ2n) is 8.11. The van der Waals surface area contributed by atoms with Crippen molar-refractivity contribution < 1.29 is 4.79 Å². The summed E-state index contributed by atoms with van der Waals surface area (Å²) in [7, 11) is 0. The zero-order valence-electron chi connectivity index (χ0n) is 16.4. The largest absolute Gasteiger partial charge is 0.397 e. The third-order valence-corrected chi connectivity index (χ3v) is 5.73. The number of carbonyl (C=O) groups is 1. The van der Waals surface area contributed by atoms with Crippen LogP contribution in [0, 0.1) is 5.92 Å². The number of rotatable bonds is 6.